The Morgan fingerprint density at radius 3 is 1.10 bits per heavy atom. The molecule has 3 rings (SSSR count). The average molecular weight is 420 g/mol. The van der Waals surface area contributed by atoms with Gasteiger partial charge < -0.3 is 42.6 Å². The molecule has 29 heavy (non-hydrogen) atoms. The van der Waals surface area contributed by atoms with E-state index in [0.29, 0.717) is 79.3 Å². The van der Waals surface area contributed by atoms with Crippen LogP contribution >= 0.6 is 0 Å². The van der Waals surface area contributed by atoms with Gasteiger partial charge in [0.15, 0.2) is 0 Å². The highest BCUT2D eigenvalue weighted by Gasteiger charge is 2.27. The molecule has 3 atom stereocenters. The second-order valence-corrected chi connectivity index (χ2v) is 8.06. The summed E-state index contributed by atoms with van der Waals surface area (Å²) >= 11 is 0. The van der Waals surface area contributed by atoms with E-state index in [2.05, 4.69) is 6.92 Å². The van der Waals surface area contributed by atoms with Crippen molar-refractivity contribution in [2.45, 2.75) is 25.2 Å². The topological polar surface area (TPSA) is 93.0 Å². The van der Waals surface area contributed by atoms with Gasteiger partial charge in [-0.05, 0) is 0 Å². The van der Waals surface area contributed by atoms with E-state index in [9.17, 15) is 0 Å². The van der Waals surface area contributed by atoms with Crippen LogP contribution in [0, 0.1) is 5.41 Å². The summed E-state index contributed by atoms with van der Waals surface area (Å²) < 4.78 is 49.3. The van der Waals surface area contributed by atoms with Gasteiger partial charge in [0.25, 0.3) is 0 Å². The summed E-state index contributed by atoms with van der Waals surface area (Å²) in [4.78, 5) is 0. The molecule has 0 aliphatic carbocycles. The molecule has 0 saturated carbocycles. The lowest BCUT2D eigenvalue weighted by atomic mass is 9.94. The highest BCUT2D eigenvalue weighted by molar-refractivity contribution is 4.74. The van der Waals surface area contributed by atoms with Crippen molar-refractivity contribution in [1.29, 1.82) is 0 Å². The first-order chi connectivity index (χ1) is 14.2. The molecule has 0 aromatic heterocycles. The molecule has 0 radical (unpaired) electrons. The first-order valence-corrected chi connectivity index (χ1v) is 10.5. The van der Waals surface area contributed by atoms with E-state index in [1.807, 2.05) is 0 Å². The van der Waals surface area contributed by atoms with Crippen molar-refractivity contribution in [3.05, 3.63) is 0 Å². The first kappa shape index (κ1) is 23.3. The summed E-state index contributed by atoms with van der Waals surface area (Å²) in [5, 5.41) is 0. The Morgan fingerprint density at radius 1 is 0.552 bits per heavy atom. The van der Waals surface area contributed by atoms with Crippen molar-refractivity contribution in [3.63, 3.8) is 0 Å². The van der Waals surface area contributed by atoms with E-state index in [-0.39, 0.29) is 23.7 Å². The van der Waals surface area contributed by atoms with E-state index in [0.717, 1.165) is 19.8 Å². The van der Waals surface area contributed by atoms with Crippen molar-refractivity contribution in [1.82, 2.24) is 0 Å². The molecule has 170 valence electrons. The molecule has 9 heteroatoms. The predicted octanol–water partition coefficient (Wildman–Crippen LogP) is 0.289. The third kappa shape index (κ3) is 12.2. The third-order valence-electron chi connectivity index (χ3n) is 4.59. The van der Waals surface area contributed by atoms with Gasteiger partial charge in [0, 0.05) is 5.41 Å². The minimum absolute atomic E-state index is 0.251. The number of rotatable bonds is 21. The number of hydrogen-bond acceptors (Lipinski definition) is 9. The van der Waals surface area contributed by atoms with Crippen LogP contribution in [0.5, 0.6) is 0 Å². The number of hydrogen-bond donors (Lipinski definition) is 0. The van der Waals surface area contributed by atoms with Gasteiger partial charge in [-0.2, -0.15) is 0 Å². The van der Waals surface area contributed by atoms with E-state index >= 15 is 0 Å². The SMILES string of the molecule is CC(COCCOCC1CO1)(COCCOCC1CO1)COCCOCC1CO1. The van der Waals surface area contributed by atoms with Crippen LogP contribution in [-0.2, 0) is 42.6 Å². The van der Waals surface area contributed by atoms with Crippen LogP contribution in [0.25, 0.3) is 0 Å². The fourth-order valence-electron chi connectivity index (χ4n) is 2.57. The van der Waals surface area contributed by atoms with Crippen LogP contribution in [0.3, 0.4) is 0 Å². The molecule has 3 heterocycles. The Bertz CT molecular complexity index is 364. The van der Waals surface area contributed by atoms with Crippen molar-refractivity contribution in [2.75, 3.05) is 99.1 Å². The molecule has 0 amide bonds. The lowest BCUT2D eigenvalue weighted by Gasteiger charge is -2.29. The van der Waals surface area contributed by atoms with E-state index in [4.69, 9.17) is 42.6 Å². The van der Waals surface area contributed by atoms with E-state index < -0.39 is 0 Å². The minimum atomic E-state index is -0.251. The quantitative estimate of drug-likeness (QED) is 0.192. The predicted molar refractivity (Wildman–Crippen MR) is 102 cm³/mol. The van der Waals surface area contributed by atoms with Crippen LogP contribution in [0.2, 0.25) is 0 Å². The highest BCUT2D eigenvalue weighted by atomic mass is 16.6. The van der Waals surface area contributed by atoms with Gasteiger partial charge in [0.05, 0.1) is 99.1 Å². The average Bonchev–Trinajstić information content (AvgIpc) is 3.55. The molecule has 0 spiro atoms. The molecule has 9 nitrogen and oxygen atoms in total. The Labute approximate surface area is 173 Å². The zero-order chi connectivity index (χ0) is 20.2. The van der Waals surface area contributed by atoms with Crippen LogP contribution in [0.1, 0.15) is 6.92 Å². The van der Waals surface area contributed by atoms with Gasteiger partial charge in [-0.1, -0.05) is 6.92 Å². The Hall–Kier alpha value is -0.360. The second-order valence-electron chi connectivity index (χ2n) is 8.06. The lowest BCUT2D eigenvalue weighted by molar-refractivity contribution is -0.0802. The largest absolute Gasteiger partial charge is 0.378 e. The maximum absolute atomic E-state index is 5.82. The Morgan fingerprint density at radius 2 is 0.828 bits per heavy atom. The zero-order valence-electron chi connectivity index (χ0n) is 17.5. The van der Waals surface area contributed by atoms with E-state index in [1.54, 1.807) is 0 Å². The van der Waals surface area contributed by atoms with Crippen LogP contribution in [0.15, 0.2) is 0 Å². The Kier molecular flexibility index (Phi) is 10.6. The molecule has 3 saturated heterocycles. The molecule has 0 N–H and O–H groups in total. The Balaban J connectivity index is 1.23. The highest BCUT2D eigenvalue weighted by Crippen LogP contribution is 2.19. The molecule has 3 unspecified atom stereocenters. The van der Waals surface area contributed by atoms with Gasteiger partial charge >= 0.3 is 0 Å². The molecule has 0 aromatic rings. The van der Waals surface area contributed by atoms with Gasteiger partial charge in [-0.3, -0.25) is 0 Å². The summed E-state index contributed by atoms with van der Waals surface area (Å²) in [7, 11) is 0. The summed E-state index contributed by atoms with van der Waals surface area (Å²) in [5.41, 5.74) is -0.251. The minimum Gasteiger partial charge on any atom is -0.378 e. The molecule has 3 aliphatic rings. The maximum Gasteiger partial charge on any atom is 0.104 e. The molecule has 0 aromatic carbocycles. The van der Waals surface area contributed by atoms with Crippen molar-refractivity contribution in [2.24, 2.45) is 5.41 Å². The molecule has 0 bridgehead atoms. The molecule has 3 fully saturated rings. The van der Waals surface area contributed by atoms with Crippen LogP contribution in [-0.4, -0.2) is 117 Å². The van der Waals surface area contributed by atoms with Gasteiger partial charge in [0.2, 0.25) is 0 Å². The van der Waals surface area contributed by atoms with Crippen molar-refractivity contribution < 1.29 is 42.6 Å². The molecule has 3 aliphatic heterocycles. The number of epoxide rings is 3. The summed E-state index contributed by atoms with van der Waals surface area (Å²) in [6.07, 6.45) is 0.846. The van der Waals surface area contributed by atoms with Crippen LogP contribution < -0.4 is 0 Å². The normalized spacial score (nSPS) is 27.0. The maximum atomic E-state index is 5.82. The fraction of sp³-hybridized carbons (Fsp3) is 1.00. The smallest absolute Gasteiger partial charge is 0.104 e. The lowest BCUT2D eigenvalue weighted by Crippen LogP contribution is -2.35. The molecular formula is C20H36O9. The molecular weight excluding hydrogens is 384 g/mol. The number of ether oxygens (including phenoxy) is 9. The third-order valence-corrected chi connectivity index (χ3v) is 4.59. The van der Waals surface area contributed by atoms with Crippen molar-refractivity contribution >= 4 is 0 Å². The second kappa shape index (κ2) is 13.1. The fourth-order valence-corrected chi connectivity index (χ4v) is 2.57. The zero-order valence-corrected chi connectivity index (χ0v) is 17.5. The van der Waals surface area contributed by atoms with E-state index in [1.165, 1.54) is 0 Å². The monoisotopic (exact) mass is 420 g/mol. The van der Waals surface area contributed by atoms with Gasteiger partial charge in [-0.15, -0.1) is 0 Å². The standard InChI is InChI=1S/C20H36O9/c1-20(14-24-5-2-21-8-17-11-27-17,15-25-6-3-22-9-18-12-28-18)16-26-7-4-23-10-19-13-29-19/h17-19H,2-16H2,1H3. The summed E-state index contributed by atoms with van der Waals surface area (Å²) in [6.45, 7) is 11.4. The van der Waals surface area contributed by atoms with Crippen molar-refractivity contribution in [3.8, 4) is 0 Å². The summed E-state index contributed by atoms with van der Waals surface area (Å²) in [6, 6.07) is 0. The van der Waals surface area contributed by atoms with Gasteiger partial charge in [0.1, 0.15) is 18.3 Å². The van der Waals surface area contributed by atoms with Crippen LogP contribution in [0.4, 0.5) is 0 Å². The summed E-state index contributed by atoms with van der Waals surface area (Å²) in [5.74, 6) is 0. The van der Waals surface area contributed by atoms with Gasteiger partial charge in [-0.25, -0.2) is 0 Å². The first-order valence-electron chi connectivity index (χ1n) is 10.5.